The van der Waals surface area contributed by atoms with Gasteiger partial charge in [0.2, 0.25) is 5.91 Å². The molecule has 1 spiro atoms. The Hall–Kier alpha value is -2.18. The van der Waals surface area contributed by atoms with Crippen LogP contribution >= 0.6 is 0 Å². The predicted octanol–water partition coefficient (Wildman–Crippen LogP) is 2.38. The Morgan fingerprint density at radius 3 is 2.77 bits per heavy atom. The van der Waals surface area contributed by atoms with Crippen LogP contribution in [0.2, 0.25) is 0 Å². The number of rotatable bonds is 4. The SMILES string of the molecule is Cc1cccc(CN2CC3(CCN(Cc4ccoc4)CC3)OCC2=O)n1. The number of aryl methyl sites for hydroxylation is 1. The fourth-order valence-electron chi connectivity index (χ4n) is 3.88. The summed E-state index contributed by atoms with van der Waals surface area (Å²) in [6.45, 7) is 6.20. The van der Waals surface area contributed by atoms with Crippen molar-refractivity contribution >= 4 is 5.91 Å². The molecule has 6 nitrogen and oxygen atoms in total. The number of carbonyl (C=O) groups is 1. The molecule has 138 valence electrons. The zero-order valence-electron chi connectivity index (χ0n) is 15.2. The molecule has 4 rings (SSSR count). The lowest BCUT2D eigenvalue weighted by molar-refractivity contribution is -0.172. The molecule has 0 unspecified atom stereocenters. The van der Waals surface area contributed by atoms with Crippen LogP contribution in [-0.2, 0) is 22.6 Å². The van der Waals surface area contributed by atoms with Crippen LogP contribution in [0.4, 0.5) is 0 Å². The van der Waals surface area contributed by atoms with Crippen molar-refractivity contribution in [2.24, 2.45) is 0 Å². The first-order chi connectivity index (χ1) is 12.6. The first kappa shape index (κ1) is 17.2. The Morgan fingerprint density at radius 1 is 1.19 bits per heavy atom. The Bertz CT molecular complexity index is 751. The highest BCUT2D eigenvalue weighted by Gasteiger charge is 2.42. The topological polar surface area (TPSA) is 58.8 Å². The van der Waals surface area contributed by atoms with Gasteiger partial charge in [0.05, 0.1) is 36.9 Å². The van der Waals surface area contributed by atoms with Gasteiger partial charge < -0.3 is 14.1 Å². The number of piperidine rings is 1. The highest BCUT2D eigenvalue weighted by atomic mass is 16.5. The molecule has 0 bridgehead atoms. The van der Waals surface area contributed by atoms with E-state index in [1.807, 2.05) is 36.1 Å². The third kappa shape index (κ3) is 3.81. The molecule has 2 aromatic heterocycles. The zero-order chi connectivity index (χ0) is 18.0. The van der Waals surface area contributed by atoms with E-state index in [2.05, 4.69) is 9.88 Å². The first-order valence-corrected chi connectivity index (χ1v) is 9.20. The molecule has 6 heteroatoms. The first-order valence-electron chi connectivity index (χ1n) is 9.20. The van der Waals surface area contributed by atoms with Crippen LogP contribution in [0.5, 0.6) is 0 Å². The Balaban J connectivity index is 1.37. The van der Waals surface area contributed by atoms with E-state index in [0.717, 1.165) is 43.9 Å². The summed E-state index contributed by atoms with van der Waals surface area (Å²) < 4.78 is 11.2. The van der Waals surface area contributed by atoms with Crippen molar-refractivity contribution in [2.75, 3.05) is 26.2 Å². The number of hydrogen-bond acceptors (Lipinski definition) is 5. The highest BCUT2D eigenvalue weighted by molar-refractivity contribution is 5.78. The average molecular weight is 355 g/mol. The fourth-order valence-corrected chi connectivity index (χ4v) is 3.88. The Morgan fingerprint density at radius 2 is 2.04 bits per heavy atom. The van der Waals surface area contributed by atoms with Crippen molar-refractivity contribution in [2.45, 2.75) is 38.5 Å². The van der Waals surface area contributed by atoms with E-state index >= 15 is 0 Å². The smallest absolute Gasteiger partial charge is 0.249 e. The third-order valence-corrected chi connectivity index (χ3v) is 5.39. The van der Waals surface area contributed by atoms with E-state index in [-0.39, 0.29) is 18.1 Å². The predicted molar refractivity (Wildman–Crippen MR) is 96.3 cm³/mol. The summed E-state index contributed by atoms with van der Waals surface area (Å²) in [5.41, 5.74) is 2.90. The van der Waals surface area contributed by atoms with Gasteiger partial charge in [-0.1, -0.05) is 6.07 Å². The number of likely N-dealkylation sites (tertiary alicyclic amines) is 1. The standard InChI is InChI=1S/C20H25N3O3/c1-16-3-2-4-18(21-16)12-23-15-20(26-14-19(23)24)6-8-22(9-7-20)11-17-5-10-25-13-17/h2-5,10,13H,6-9,11-12,14-15H2,1H3. The van der Waals surface area contributed by atoms with Crippen LogP contribution in [0.15, 0.2) is 41.2 Å². The summed E-state index contributed by atoms with van der Waals surface area (Å²) in [5.74, 6) is 0.0553. The molecule has 2 aromatic rings. The maximum Gasteiger partial charge on any atom is 0.249 e. The van der Waals surface area contributed by atoms with Crippen molar-refractivity contribution in [3.63, 3.8) is 0 Å². The van der Waals surface area contributed by atoms with Crippen molar-refractivity contribution < 1.29 is 13.9 Å². The van der Waals surface area contributed by atoms with Crippen LogP contribution in [0.3, 0.4) is 0 Å². The molecular formula is C20H25N3O3. The van der Waals surface area contributed by atoms with Crippen LogP contribution in [0.25, 0.3) is 0 Å². The maximum absolute atomic E-state index is 12.3. The minimum absolute atomic E-state index is 0.0553. The second-order valence-electron chi connectivity index (χ2n) is 7.40. The number of hydrogen-bond donors (Lipinski definition) is 0. The van der Waals surface area contributed by atoms with Crippen LogP contribution in [-0.4, -0.2) is 52.5 Å². The number of furan rings is 1. The van der Waals surface area contributed by atoms with Crippen molar-refractivity contribution in [1.29, 1.82) is 0 Å². The molecule has 1 amide bonds. The fraction of sp³-hybridized carbons (Fsp3) is 0.500. The van der Waals surface area contributed by atoms with E-state index in [4.69, 9.17) is 9.15 Å². The second kappa shape index (κ2) is 7.21. The number of amides is 1. The van der Waals surface area contributed by atoms with Gasteiger partial charge in [-0.2, -0.15) is 0 Å². The van der Waals surface area contributed by atoms with E-state index < -0.39 is 0 Å². The summed E-state index contributed by atoms with van der Waals surface area (Å²) >= 11 is 0. The summed E-state index contributed by atoms with van der Waals surface area (Å²) in [5, 5.41) is 0. The summed E-state index contributed by atoms with van der Waals surface area (Å²) in [7, 11) is 0. The Labute approximate surface area is 153 Å². The number of aromatic nitrogens is 1. The summed E-state index contributed by atoms with van der Waals surface area (Å²) in [4.78, 5) is 21.2. The summed E-state index contributed by atoms with van der Waals surface area (Å²) in [6.07, 6.45) is 5.40. The normalized spacial score (nSPS) is 20.7. The lowest BCUT2D eigenvalue weighted by atomic mass is 9.89. The summed E-state index contributed by atoms with van der Waals surface area (Å²) in [6, 6.07) is 7.96. The van der Waals surface area contributed by atoms with Gasteiger partial charge in [-0.25, -0.2) is 0 Å². The Kier molecular flexibility index (Phi) is 4.78. The molecule has 0 atom stereocenters. The van der Waals surface area contributed by atoms with E-state index in [9.17, 15) is 4.79 Å². The largest absolute Gasteiger partial charge is 0.472 e. The van der Waals surface area contributed by atoms with Gasteiger partial charge in [0, 0.05) is 30.9 Å². The van der Waals surface area contributed by atoms with Gasteiger partial charge in [0.15, 0.2) is 0 Å². The lowest BCUT2D eigenvalue weighted by Gasteiger charge is -2.47. The molecule has 0 aromatic carbocycles. The van der Waals surface area contributed by atoms with Crippen LogP contribution in [0, 0.1) is 6.92 Å². The van der Waals surface area contributed by atoms with Gasteiger partial charge in [-0.3, -0.25) is 14.7 Å². The molecule has 0 saturated carbocycles. The number of nitrogens with zero attached hydrogens (tertiary/aromatic N) is 3. The van der Waals surface area contributed by atoms with Crippen LogP contribution < -0.4 is 0 Å². The third-order valence-electron chi connectivity index (χ3n) is 5.39. The van der Waals surface area contributed by atoms with Gasteiger partial charge in [0.25, 0.3) is 0 Å². The monoisotopic (exact) mass is 355 g/mol. The minimum Gasteiger partial charge on any atom is -0.472 e. The van der Waals surface area contributed by atoms with Crippen molar-refractivity contribution in [3.8, 4) is 0 Å². The quantitative estimate of drug-likeness (QED) is 0.843. The van der Waals surface area contributed by atoms with Gasteiger partial charge in [-0.05, 0) is 38.0 Å². The molecule has 0 N–H and O–H groups in total. The van der Waals surface area contributed by atoms with E-state index in [0.29, 0.717) is 13.1 Å². The number of morpholine rings is 1. The number of carbonyl (C=O) groups excluding carboxylic acids is 1. The molecule has 2 aliphatic rings. The molecule has 4 heterocycles. The molecule has 0 aliphatic carbocycles. The highest BCUT2D eigenvalue weighted by Crippen LogP contribution is 2.31. The van der Waals surface area contributed by atoms with E-state index in [1.165, 1.54) is 5.56 Å². The van der Waals surface area contributed by atoms with Gasteiger partial charge in [0.1, 0.15) is 6.61 Å². The number of pyridine rings is 1. The molecular weight excluding hydrogens is 330 g/mol. The average Bonchev–Trinajstić information content (AvgIpc) is 3.14. The molecule has 0 radical (unpaired) electrons. The lowest BCUT2D eigenvalue weighted by Crippen LogP contribution is -2.58. The van der Waals surface area contributed by atoms with E-state index in [1.54, 1.807) is 12.5 Å². The molecule has 2 saturated heterocycles. The van der Waals surface area contributed by atoms with Crippen LogP contribution in [0.1, 0.15) is 29.8 Å². The van der Waals surface area contributed by atoms with Crippen molar-refractivity contribution in [3.05, 3.63) is 53.7 Å². The van der Waals surface area contributed by atoms with Gasteiger partial charge >= 0.3 is 0 Å². The molecule has 2 fully saturated rings. The maximum atomic E-state index is 12.3. The second-order valence-corrected chi connectivity index (χ2v) is 7.40. The molecule has 2 aliphatic heterocycles. The number of ether oxygens (including phenoxy) is 1. The minimum atomic E-state index is -0.218. The van der Waals surface area contributed by atoms with Gasteiger partial charge in [-0.15, -0.1) is 0 Å². The molecule has 26 heavy (non-hydrogen) atoms. The van der Waals surface area contributed by atoms with Crippen molar-refractivity contribution in [1.82, 2.24) is 14.8 Å². The zero-order valence-corrected chi connectivity index (χ0v) is 15.2.